The van der Waals surface area contributed by atoms with Crippen molar-refractivity contribution >= 4 is 44.8 Å². The number of anilines is 2. The zero-order valence-electron chi connectivity index (χ0n) is 9.99. The first-order valence-electron chi connectivity index (χ1n) is 5.64. The molecule has 2 aromatic carbocycles. The highest BCUT2D eigenvalue weighted by Crippen LogP contribution is 2.24. The molecule has 1 amide bonds. The van der Waals surface area contributed by atoms with E-state index >= 15 is 0 Å². The molecule has 0 spiro atoms. The van der Waals surface area contributed by atoms with Crippen molar-refractivity contribution in [3.05, 3.63) is 57.5 Å². The largest absolute Gasteiger partial charge is 0.399 e. The summed E-state index contributed by atoms with van der Waals surface area (Å²) in [6, 6.07) is 12.5. The molecular formula is C14H12BrClN2O. The minimum absolute atomic E-state index is 0.104. The Kier molecular flexibility index (Phi) is 4.45. The Morgan fingerprint density at radius 1 is 1.26 bits per heavy atom. The first-order valence-corrected chi connectivity index (χ1v) is 6.81. The van der Waals surface area contributed by atoms with Crippen molar-refractivity contribution in [3.8, 4) is 0 Å². The van der Waals surface area contributed by atoms with Crippen molar-refractivity contribution in [2.45, 2.75) is 6.42 Å². The lowest BCUT2D eigenvalue weighted by Crippen LogP contribution is -2.14. The molecule has 0 unspecified atom stereocenters. The minimum Gasteiger partial charge on any atom is -0.399 e. The standard InChI is InChI=1S/C14H12BrClN2O/c15-12-8-11(17)4-5-13(12)18-14(19)7-9-2-1-3-10(16)6-9/h1-6,8H,7,17H2,(H,18,19). The number of benzene rings is 2. The normalized spacial score (nSPS) is 10.2. The molecule has 3 N–H and O–H groups in total. The van der Waals surface area contributed by atoms with E-state index in [1.807, 2.05) is 12.1 Å². The van der Waals surface area contributed by atoms with Gasteiger partial charge in [-0.25, -0.2) is 0 Å². The summed E-state index contributed by atoms with van der Waals surface area (Å²) in [6.07, 6.45) is 0.275. The maximum Gasteiger partial charge on any atom is 0.228 e. The Morgan fingerprint density at radius 3 is 2.74 bits per heavy atom. The molecule has 19 heavy (non-hydrogen) atoms. The van der Waals surface area contributed by atoms with Gasteiger partial charge in [0.15, 0.2) is 0 Å². The van der Waals surface area contributed by atoms with Crippen molar-refractivity contribution in [1.82, 2.24) is 0 Å². The van der Waals surface area contributed by atoms with Crippen molar-refractivity contribution in [3.63, 3.8) is 0 Å². The van der Waals surface area contributed by atoms with E-state index in [-0.39, 0.29) is 12.3 Å². The summed E-state index contributed by atoms with van der Waals surface area (Å²) >= 11 is 9.23. The highest BCUT2D eigenvalue weighted by atomic mass is 79.9. The van der Waals surface area contributed by atoms with E-state index in [0.29, 0.717) is 16.4 Å². The molecule has 0 aliphatic carbocycles. The fraction of sp³-hybridized carbons (Fsp3) is 0.0714. The lowest BCUT2D eigenvalue weighted by molar-refractivity contribution is -0.115. The number of carbonyl (C=O) groups is 1. The van der Waals surface area contributed by atoms with E-state index in [2.05, 4.69) is 21.2 Å². The Bertz CT molecular complexity index is 616. The molecule has 0 saturated heterocycles. The van der Waals surface area contributed by atoms with E-state index in [1.165, 1.54) is 0 Å². The molecule has 5 heteroatoms. The average Bonchev–Trinajstić information content (AvgIpc) is 2.33. The van der Waals surface area contributed by atoms with Gasteiger partial charge in [-0.3, -0.25) is 4.79 Å². The topological polar surface area (TPSA) is 55.1 Å². The molecule has 3 nitrogen and oxygen atoms in total. The van der Waals surface area contributed by atoms with Crippen LogP contribution in [0.15, 0.2) is 46.9 Å². The molecule has 0 fully saturated rings. The maximum absolute atomic E-state index is 11.9. The Labute approximate surface area is 124 Å². The number of hydrogen-bond acceptors (Lipinski definition) is 2. The number of nitrogens with two attached hydrogens (primary N) is 1. The lowest BCUT2D eigenvalue weighted by atomic mass is 10.1. The summed E-state index contributed by atoms with van der Waals surface area (Å²) in [7, 11) is 0. The molecule has 0 aliphatic heterocycles. The van der Waals surface area contributed by atoms with Gasteiger partial charge in [0.25, 0.3) is 0 Å². The Morgan fingerprint density at radius 2 is 2.05 bits per heavy atom. The van der Waals surface area contributed by atoms with E-state index in [9.17, 15) is 4.79 Å². The molecule has 0 atom stereocenters. The van der Waals surface area contributed by atoms with Crippen molar-refractivity contribution in [1.29, 1.82) is 0 Å². The third-order valence-corrected chi connectivity index (χ3v) is 3.41. The summed E-state index contributed by atoms with van der Waals surface area (Å²) in [6.45, 7) is 0. The third-order valence-electron chi connectivity index (χ3n) is 2.52. The third kappa shape index (κ3) is 3.98. The molecule has 0 heterocycles. The van der Waals surface area contributed by atoms with Crippen LogP contribution in [-0.2, 0) is 11.2 Å². The van der Waals surface area contributed by atoms with Gasteiger partial charge in [0.1, 0.15) is 0 Å². The highest BCUT2D eigenvalue weighted by Gasteiger charge is 2.07. The zero-order valence-corrected chi connectivity index (χ0v) is 12.3. The zero-order chi connectivity index (χ0) is 13.8. The number of amides is 1. The molecule has 98 valence electrons. The number of nitrogens with one attached hydrogen (secondary N) is 1. The molecular weight excluding hydrogens is 328 g/mol. The number of rotatable bonds is 3. The van der Waals surface area contributed by atoms with Crippen LogP contribution in [0.25, 0.3) is 0 Å². The summed E-state index contributed by atoms with van der Waals surface area (Å²) < 4.78 is 0.756. The molecule has 2 rings (SSSR count). The van der Waals surface area contributed by atoms with Crippen LogP contribution < -0.4 is 11.1 Å². The molecule has 0 bridgehead atoms. The van der Waals surface area contributed by atoms with E-state index in [1.54, 1.807) is 30.3 Å². The van der Waals surface area contributed by atoms with Crippen LogP contribution in [0.2, 0.25) is 5.02 Å². The van der Waals surface area contributed by atoms with Crippen LogP contribution >= 0.6 is 27.5 Å². The van der Waals surface area contributed by atoms with Crippen molar-refractivity contribution < 1.29 is 4.79 Å². The van der Waals surface area contributed by atoms with Gasteiger partial charge in [-0.2, -0.15) is 0 Å². The van der Waals surface area contributed by atoms with Gasteiger partial charge in [-0.05, 0) is 51.8 Å². The van der Waals surface area contributed by atoms with Crippen LogP contribution in [0.1, 0.15) is 5.56 Å². The summed E-state index contributed by atoms with van der Waals surface area (Å²) in [5.41, 5.74) is 7.85. The number of halogens is 2. The average molecular weight is 340 g/mol. The molecule has 0 saturated carbocycles. The number of nitrogen functional groups attached to an aromatic ring is 1. The second kappa shape index (κ2) is 6.08. The van der Waals surface area contributed by atoms with Gasteiger partial charge in [0.05, 0.1) is 12.1 Å². The Hall–Kier alpha value is -1.52. The van der Waals surface area contributed by atoms with Crippen LogP contribution in [0.5, 0.6) is 0 Å². The summed E-state index contributed by atoms with van der Waals surface area (Å²) in [5, 5.41) is 3.44. The maximum atomic E-state index is 11.9. The van der Waals surface area contributed by atoms with Gasteiger partial charge >= 0.3 is 0 Å². The van der Waals surface area contributed by atoms with Gasteiger partial charge in [0.2, 0.25) is 5.91 Å². The van der Waals surface area contributed by atoms with Gasteiger partial charge < -0.3 is 11.1 Å². The van der Waals surface area contributed by atoms with Crippen molar-refractivity contribution in [2.75, 3.05) is 11.1 Å². The summed E-state index contributed by atoms with van der Waals surface area (Å²) in [5.74, 6) is -0.104. The minimum atomic E-state index is -0.104. The molecule has 0 aromatic heterocycles. The fourth-order valence-corrected chi connectivity index (χ4v) is 2.37. The van der Waals surface area contributed by atoms with Crippen LogP contribution in [-0.4, -0.2) is 5.91 Å². The first-order chi connectivity index (χ1) is 9.04. The fourth-order valence-electron chi connectivity index (χ4n) is 1.66. The highest BCUT2D eigenvalue weighted by molar-refractivity contribution is 9.10. The van der Waals surface area contributed by atoms with E-state index < -0.39 is 0 Å². The quantitative estimate of drug-likeness (QED) is 0.834. The van der Waals surface area contributed by atoms with Crippen LogP contribution in [0.3, 0.4) is 0 Å². The first kappa shape index (κ1) is 13.9. The van der Waals surface area contributed by atoms with Crippen LogP contribution in [0, 0.1) is 0 Å². The lowest BCUT2D eigenvalue weighted by Gasteiger charge is -2.08. The molecule has 0 radical (unpaired) electrons. The number of carbonyl (C=O) groups excluding carboxylic acids is 1. The Balaban J connectivity index is 2.05. The van der Waals surface area contributed by atoms with Gasteiger partial charge in [-0.1, -0.05) is 23.7 Å². The number of hydrogen-bond donors (Lipinski definition) is 2. The van der Waals surface area contributed by atoms with Gasteiger partial charge in [-0.15, -0.1) is 0 Å². The molecule has 0 aliphatic rings. The monoisotopic (exact) mass is 338 g/mol. The predicted molar refractivity (Wildman–Crippen MR) is 82.3 cm³/mol. The second-order valence-corrected chi connectivity index (χ2v) is 5.38. The van der Waals surface area contributed by atoms with Crippen LogP contribution in [0.4, 0.5) is 11.4 Å². The second-order valence-electron chi connectivity index (χ2n) is 4.09. The van der Waals surface area contributed by atoms with Crippen molar-refractivity contribution in [2.24, 2.45) is 0 Å². The van der Waals surface area contributed by atoms with E-state index in [0.717, 1.165) is 10.0 Å². The predicted octanol–water partition coefficient (Wildman–Crippen LogP) is 3.87. The summed E-state index contributed by atoms with van der Waals surface area (Å²) in [4.78, 5) is 11.9. The molecule has 2 aromatic rings. The SMILES string of the molecule is Nc1ccc(NC(=O)Cc2cccc(Cl)c2)c(Br)c1. The smallest absolute Gasteiger partial charge is 0.228 e. The van der Waals surface area contributed by atoms with E-state index in [4.69, 9.17) is 17.3 Å². The van der Waals surface area contributed by atoms with Gasteiger partial charge in [0, 0.05) is 15.2 Å².